The summed E-state index contributed by atoms with van der Waals surface area (Å²) in [5.41, 5.74) is 2.60. The molecular formula is C27H28Cl2N6O3S2. The Bertz CT molecular complexity index is 1380. The number of tetrazole rings is 1. The number of unbranched alkanes of at least 4 members (excludes halogenated alkanes) is 1. The number of thioether (sulfide) groups is 1. The Labute approximate surface area is 252 Å². The van der Waals surface area contributed by atoms with Crippen LogP contribution >= 0.6 is 47.2 Å². The van der Waals surface area contributed by atoms with Crippen molar-refractivity contribution in [3.63, 3.8) is 0 Å². The number of aryl methyl sites for hydroxylation is 1. The number of nitrogens with one attached hydrogen (secondary N) is 1. The molecule has 0 radical (unpaired) electrons. The van der Waals surface area contributed by atoms with Crippen molar-refractivity contribution in [2.24, 2.45) is 0 Å². The lowest BCUT2D eigenvalue weighted by Gasteiger charge is -2.26. The summed E-state index contributed by atoms with van der Waals surface area (Å²) in [5.74, 6) is 1.31. The number of nitrogens with zero attached hydrogens (tertiary/aromatic N) is 5. The van der Waals surface area contributed by atoms with E-state index in [-0.39, 0.29) is 5.91 Å². The number of hydrogen-bond donors (Lipinski definition) is 1. The minimum Gasteiger partial charge on any atom is -0.492 e. The van der Waals surface area contributed by atoms with E-state index in [0.29, 0.717) is 44.7 Å². The third-order valence-corrected chi connectivity index (χ3v) is 8.71. The van der Waals surface area contributed by atoms with Gasteiger partial charge in [0.25, 0.3) is 5.91 Å². The first-order valence-electron chi connectivity index (χ1n) is 13.0. The first-order chi connectivity index (χ1) is 19.5. The van der Waals surface area contributed by atoms with Gasteiger partial charge in [-0.15, -0.1) is 10.2 Å². The van der Waals surface area contributed by atoms with Crippen LogP contribution in [0.15, 0.2) is 41.3 Å². The van der Waals surface area contributed by atoms with Crippen molar-refractivity contribution in [3.05, 3.63) is 62.7 Å². The van der Waals surface area contributed by atoms with Crippen LogP contribution < -0.4 is 4.74 Å². The molecule has 2 saturated heterocycles. The molecular weight excluding hydrogens is 591 g/mol. The van der Waals surface area contributed by atoms with Crippen LogP contribution in [0.5, 0.6) is 5.75 Å². The normalized spacial score (nSPS) is 17.2. The summed E-state index contributed by atoms with van der Waals surface area (Å²) in [7, 11) is 0. The number of benzene rings is 2. The molecule has 40 heavy (non-hydrogen) atoms. The number of halogens is 2. The second-order valence-corrected chi connectivity index (χ2v) is 11.8. The van der Waals surface area contributed by atoms with Crippen molar-refractivity contribution < 1.29 is 14.3 Å². The average Bonchev–Trinajstić information content (AvgIpc) is 3.57. The monoisotopic (exact) mass is 618 g/mol. The summed E-state index contributed by atoms with van der Waals surface area (Å²) in [6, 6.07) is 11.4. The van der Waals surface area contributed by atoms with E-state index in [9.17, 15) is 4.79 Å². The van der Waals surface area contributed by atoms with Crippen molar-refractivity contribution in [3.8, 4) is 16.9 Å². The lowest BCUT2D eigenvalue weighted by molar-refractivity contribution is -0.122. The Morgan fingerprint density at radius 1 is 1.10 bits per heavy atom. The summed E-state index contributed by atoms with van der Waals surface area (Å²) < 4.78 is 12.2. The Hall–Kier alpha value is -2.54. The minimum absolute atomic E-state index is 0.0866. The molecule has 5 rings (SSSR count). The van der Waals surface area contributed by atoms with Crippen molar-refractivity contribution in [2.45, 2.75) is 19.3 Å². The van der Waals surface area contributed by atoms with Crippen LogP contribution in [0.3, 0.4) is 0 Å². The highest BCUT2D eigenvalue weighted by molar-refractivity contribution is 8.26. The van der Waals surface area contributed by atoms with Crippen LogP contribution in [0, 0.1) is 0 Å². The van der Waals surface area contributed by atoms with Gasteiger partial charge in [-0.3, -0.25) is 14.6 Å². The van der Waals surface area contributed by atoms with Crippen LogP contribution in [0.25, 0.3) is 17.2 Å². The molecule has 0 unspecified atom stereocenters. The van der Waals surface area contributed by atoms with Crippen molar-refractivity contribution >= 4 is 63.5 Å². The Morgan fingerprint density at radius 3 is 2.73 bits per heavy atom. The number of hydrogen-bond acceptors (Lipinski definition) is 9. The van der Waals surface area contributed by atoms with Crippen molar-refractivity contribution in [1.29, 1.82) is 0 Å². The molecule has 9 nitrogen and oxygen atoms in total. The summed E-state index contributed by atoms with van der Waals surface area (Å²) >= 11 is 19.4. The molecule has 3 aromatic rings. The Morgan fingerprint density at radius 2 is 1.95 bits per heavy atom. The Balaban J connectivity index is 1.29. The topological polar surface area (TPSA) is 96.5 Å². The van der Waals surface area contributed by atoms with Gasteiger partial charge in [-0.2, -0.15) is 5.21 Å². The smallest absolute Gasteiger partial charge is 0.266 e. The molecule has 0 spiro atoms. The predicted molar refractivity (Wildman–Crippen MR) is 162 cm³/mol. The highest BCUT2D eigenvalue weighted by Gasteiger charge is 2.31. The van der Waals surface area contributed by atoms with Gasteiger partial charge in [-0.1, -0.05) is 64.5 Å². The fourth-order valence-corrected chi connectivity index (χ4v) is 6.05. The number of rotatable bonds is 11. The molecule has 3 heterocycles. The molecule has 2 fully saturated rings. The molecule has 1 N–H and O–H groups in total. The van der Waals surface area contributed by atoms with E-state index in [4.69, 9.17) is 44.9 Å². The highest BCUT2D eigenvalue weighted by Crippen LogP contribution is 2.37. The van der Waals surface area contributed by atoms with Crippen LogP contribution in [-0.4, -0.2) is 86.7 Å². The molecule has 0 saturated carbocycles. The minimum atomic E-state index is -0.0866. The molecule has 210 valence electrons. The van der Waals surface area contributed by atoms with Gasteiger partial charge in [0.15, 0.2) is 5.82 Å². The largest absolute Gasteiger partial charge is 0.492 e. The van der Waals surface area contributed by atoms with Gasteiger partial charge in [0.2, 0.25) is 0 Å². The lowest BCUT2D eigenvalue weighted by atomic mass is 10.0. The standard InChI is InChI=1S/C27H28Cl2N6O3S2/c28-21-6-5-19(17-22(21)29)20-15-18(4-7-23(20)38-14-11-34-9-12-37-13-10-34)16-24-26(36)35(27(39)40-24)8-2-1-3-25-30-32-33-31-25/h4-7,15-17H,1-3,8-14H2,(H,30,31,32,33)/b24-16-. The lowest BCUT2D eigenvalue weighted by Crippen LogP contribution is -2.38. The fourth-order valence-electron chi connectivity index (χ4n) is 4.45. The molecule has 2 aromatic carbocycles. The Kier molecular flexibility index (Phi) is 10.1. The maximum atomic E-state index is 13.2. The van der Waals surface area contributed by atoms with Gasteiger partial charge < -0.3 is 9.47 Å². The molecule has 1 amide bonds. The number of aromatic amines is 1. The number of aromatic nitrogens is 4. The van der Waals surface area contributed by atoms with Gasteiger partial charge in [0, 0.05) is 38.2 Å². The number of carbonyl (C=O) groups is 1. The summed E-state index contributed by atoms with van der Waals surface area (Å²) in [5, 5.41) is 14.9. The SMILES string of the molecule is O=C1/C(=C/c2ccc(OCCN3CCOCC3)c(-c3ccc(Cl)c(Cl)c3)c2)SC(=S)N1CCCCc1nn[nH]n1. The number of ether oxygens (including phenoxy) is 2. The van der Waals surface area contributed by atoms with E-state index in [1.165, 1.54) is 11.8 Å². The van der Waals surface area contributed by atoms with Crippen LogP contribution in [0.4, 0.5) is 0 Å². The number of morpholine rings is 1. The zero-order valence-corrected chi connectivity index (χ0v) is 24.8. The first-order valence-corrected chi connectivity index (χ1v) is 15.0. The summed E-state index contributed by atoms with van der Waals surface area (Å²) in [4.78, 5) is 17.7. The predicted octanol–water partition coefficient (Wildman–Crippen LogP) is 5.11. The third kappa shape index (κ3) is 7.39. The second kappa shape index (κ2) is 13.9. The van der Waals surface area contributed by atoms with Gasteiger partial charge >= 0.3 is 0 Å². The van der Waals surface area contributed by atoms with Crippen LogP contribution in [0.2, 0.25) is 10.0 Å². The second-order valence-electron chi connectivity index (χ2n) is 9.31. The van der Waals surface area contributed by atoms with E-state index in [2.05, 4.69) is 25.5 Å². The third-order valence-electron chi connectivity index (χ3n) is 6.60. The number of thiocarbonyl (C=S) groups is 1. The van der Waals surface area contributed by atoms with E-state index in [0.717, 1.165) is 68.1 Å². The highest BCUT2D eigenvalue weighted by atomic mass is 35.5. The summed E-state index contributed by atoms with van der Waals surface area (Å²) in [6.07, 6.45) is 4.18. The maximum Gasteiger partial charge on any atom is 0.266 e. The summed E-state index contributed by atoms with van der Waals surface area (Å²) in [6.45, 7) is 5.19. The zero-order chi connectivity index (χ0) is 27.9. The molecule has 1 aromatic heterocycles. The van der Waals surface area contributed by atoms with E-state index < -0.39 is 0 Å². The van der Waals surface area contributed by atoms with E-state index in [1.54, 1.807) is 11.0 Å². The first kappa shape index (κ1) is 29.0. The quantitative estimate of drug-likeness (QED) is 0.179. The van der Waals surface area contributed by atoms with Crippen LogP contribution in [0.1, 0.15) is 24.2 Å². The molecule has 13 heteroatoms. The van der Waals surface area contributed by atoms with E-state index >= 15 is 0 Å². The number of H-pyrrole nitrogens is 1. The van der Waals surface area contributed by atoms with Crippen molar-refractivity contribution in [2.75, 3.05) is 46.0 Å². The molecule has 0 aliphatic carbocycles. The average molecular weight is 620 g/mol. The van der Waals surface area contributed by atoms with Crippen LogP contribution in [-0.2, 0) is 16.0 Å². The van der Waals surface area contributed by atoms with Gasteiger partial charge in [-0.05, 0) is 54.3 Å². The number of amides is 1. The van der Waals surface area contributed by atoms with Gasteiger partial charge in [0.05, 0.1) is 28.2 Å². The fraction of sp³-hybridized carbons (Fsp3) is 0.370. The molecule has 2 aliphatic heterocycles. The molecule has 0 atom stereocenters. The number of carbonyl (C=O) groups excluding carboxylic acids is 1. The molecule has 0 bridgehead atoms. The van der Waals surface area contributed by atoms with Crippen molar-refractivity contribution in [1.82, 2.24) is 30.4 Å². The maximum absolute atomic E-state index is 13.2. The zero-order valence-electron chi connectivity index (χ0n) is 21.6. The van der Waals surface area contributed by atoms with E-state index in [1.807, 2.05) is 36.4 Å². The van der Waals surface area contributed by atoms with Gasteiger partial charge in [-0.25, -0.2) is 0 Å². The molecule has 2 aliphatic rings. The van der Waals surface area contributed by atoms with Gasteiger partial charge in [0.1, 0.15) is 16.7 Å².